The van der Waals surface area contributed by atoms with E-state index in [4.69, 9.17) is 10.0 Å². The van der Waals surface area contributed by atoms with Gasteiger partial charge in [-0.15, -0.1) is 5.10 Å². The summed E-state index contributed by atoms with van der Waals surface area (Å²) < 4.78 is 1.46. The van der Waals surface area contributed by atoms with E-state index in [0.717, 1.165) is 0 Å². The van der Waals surface area contributed by atoms with Gasteiger partial charge in [0.2, 0.25) is 0 Å². The van der Waals surface area contributed by atoms with Crippen LogP contribution in [-0.4, -0.2) is 50.4 Å². The van der Waals surface area contributed by atoms with Crippen molar-refractivity contribution in [3.05, 3.63) is 18.3 Å². The number of fused-ring (bicyclic) bond motifs is 1. The van der Waals surface area contributed by atoms with E-state index < -0.39 is 7.12 Å². The topological polar surface area (TPSA) is 103 Å². The van der Waals surface area contributed by atoms with E-state index in [-0.39, 0.29) is 17.5 Å². The highest BCUT2D eigenvalue weighted by Gasteiger charge is 2.21. The van der Waals surface area contributed by atoms with Gasteiger partial charge in [-0.2, -0.15) is 4.98 Å². The Kier molecular flexibility index (Phi) is 3.88. The van der Waals surface area contributed by atoms with E-state index in [2.05, 4.69) is 15.4 Å². The van der Waals surface area contributed by atoms with Gasteiger partial charge >= 0.3 is 13.1 Å². The maximum atomic E-state index is 12.1. The number of nitrogens with zero attached hydrogens (tertiary/aromatic N) is 4. The molecule has 2 aromatic rings. The third-order valence-corrected chi connectivity index (χ3v) is 2.74. The maximum absolute atomic E-state index is 12.1. The molecule has 0 aliphatic heterocycles. The fraction of sp³-hybridized carbons (Fsp3) is 0.417. The molecule has 0 unspecified atom stereocenters. The number of nitrogens with one attached hydrogen (secondary N) is 1. The minimum Gasteiger partial charge on any atom is -0.423 e. The Morgan fingerprint density at radius 3 is 2.67 bits per heavy atom. The van der Waals surface area contributed by atoms with Crippen molar-refractivity contribution in [3.63, 3.8) is 0 Å². The first-order chi connectivity index (χ1) is 9.67. The largest absolute Gasteiger partial charge is 0.488 e. The van der Waals surface area contributed by atoms with E-state index in [1.165, 1.54) is 21.5 Å². The van der Waals surface area contributed by atoms with Crippen molar-refractivity contribution >= 4 is 30.2 Å². The Labute approximate surface area is 122 Å². The monoisotopic (exact) mass is 291 g/mol. The summed E-state index contributed by atoms with van der Waals surface area (Å²) in [6.07, 6.45) is 1.55. The summed E-state index contributed by atoms with van der Waals surface area (Å²) >= 11 is 0. The normalized spacial score (nSPS) is 11.5. The Morgan fingerprint density at radius 1 is 1.43 bits per heavy atom. The lowest BCUT2D eigenvalue weighted by Crippen LogP contribution is -2.47. The standard InChI is InChI=1S/C12H18BN5O3/c1-12(2,3)15-11(19)17(4)10-14-9-7-8(13(20)21)5-6-18(9)16-10/h5-7,20-21H,1-4H3,(H,15,19). The van der Waals surface area contributed by atoms with Crippen LogP contribution in [0.25, 0.3) is 5.65 Å². The second-order valence-corrected chi connectivity index (χ2v) is 5.79. The van der Waals surface area contributed by atoms with Crippen molar-refractivity contribution in [3.8, 4) is 0 Å². The predicted molar refractivity (Wildman–Crippen MR) is 79.5 cm³/mol. The molecular weight excluding hydrogens is 273 g/mol. The highest BCUT2D eigenvalue weighted by Crippen LogP contribution is 2.10. The van der Waals surface area contributed by atoms with Crippen molar-refractivity contribution in [2.75, 3.05) is 11.9 Å². The summed E-state index contributed by atoms with van der Waals surface area (Å²) in [5.74, 6) is 0.223. The summed E-state index contributed by atoms with van der Waals surface area (Å²) in [7, 11) is -0.00505. The predicted octanol–water partition coefficient (Wildman–Crippen LogP) is -0.647. The number of hydrogen-bond donors (Lipinski definition) is 3. The molecule has 2 aromatic heterocycles. The van der Waals surface area contributed by atoms with Crippen LogP contribution < -0.4 is 15.7 Å². The van der Waals surface area contributed by atoms with E-state index >= 15 is 0 Å². The van der Waals surface area contributed by atoms with Crippen LogP contribution in [0.2, 0.25) is 0 Å². The van der Waals surface area contributed by atoms with Crippen LogP contribution in [0.1, 0.15) is 20.8 Å². The van der Waals surface area contributed by atoms with Crippen LogP contribution in [0.5, 0.6) is 0 Å². The van der Waals surface area contributed by atoms with Gasteiger partial charge in [-0.1, -0.05) is 0 Å². The first-order valence-electron chi connectivity index (χ1n) is 6.46. The quantitative estimate of drug-likeness (QED) is 0.638. The molecule has 8 nitrogen and oxygen atoms in total. The van der Waals surface area contributed by atoms with Crippen molar-refractivity contribution in [1.29, 1.82) is 0 Å². The van der Waals surface area contributed by atoms with Crippen LogP contribution in [-0.2, 0) is 0 Å². The number of aromatic nitrogens is 3. The second-order valence-electron chi connectivity index (χ2n) is 5.79. The van der Waals surface area contributed by atoms with Gasteiger partial charge in [0.15, 0.2) is 5.65 Å². The molecule has 3 N–H and O–H groups in total. The van der Waals surface area contributed by atoms with Gasteiger partial charge in [-0.3, -0.25) is 4.90 Å². The van der Waals surface area contributed by atoms with Gasteiger partial charge in [0.1, 0.15) is 0 Å². The van der Waals surface area contributed by atoms with E-state index in [9.17, 15) is 4.79 Å². The molecule has 0 aliphatic carbocycles. The van der Waals surface area contributed by atoms with E-state index in [0.29, 0.717) is 11.1 Å². The van der Waals surface area contributed by atoms with Gasteiger partial charge in [0.05, 0.1) is 0 Å². The number of hydrogen-bond acceptors (Lipinski definition) is 5. The number of pyridine rings is 1. The van der Waals surface area contributed by atoms with Gasteiger partial charge in [0, 0.05) is 18.8 Å². The second kappa shape index (κ2) is 5.34. The Bertz CT molecular complexity index is 664. The first kappa shape index (κ1) is 15.3. The minimum absolute atomic E-state index is 0.223. The molecule has 9 heteroatoms. The molecular formula is C12H18BN5O3. The molecule has 0 atom stereocenters. The van der Waals surface area contributed by atoms with E-state index in [1.807, 2.05) is 20.8 Å². The molecule has 0 saturated heterocycles. The van der Waals surface area contributed by atoms with Crippen LogP contribution in [0, 0.1) is 0 Å². The van der Waals surface area contributed by atoms with Gasteiger partial charge in [-0.25, -0.2) is 9.31 Å². The summed E-state index contributed by atoms with van der Waals surface area (Å²) in [6, 6.07) is 2.70. The molecule has 112 valence electrons. The molecule has 0 radical (unpaired) electrons. The van der Waals surface area contributed by atoms with Crippen molar-refractivity contribution in [2.45, 2.75) is 26.3 Å². The molecule has 2 amide bonds. The van der Waals surface area contributed by atoms with Crippen molar-refractivity contribution < 1.29 is 14.8 Å². The highest BCUT2D eigenvalue weighted by molar-refractivity contribution is 6.58. The zero-order valence-electron chi connectivity index (χ0n) is 12.4. The molecule has 0 spiro atoms. The summed E-state index contributed by atoms with van der Waals surface area (Å²) in [6.45, 7) is 5.64. The molecule has 2 rings (SSSR count). The minimum atomic E-state index is -1.57. The van der Waals surface area contributed by atoms with Crippen LogP contribution in [0.3, 0.4) is 0 Å². The fourth-order valence-electron chi connectivity index (χ4n) is 1.68. The van der Waals surface area contributed by atoms with Crippen LogP contribution >= 0.6 is 0 Å². The Balaban J connectivity index is 2.28. The third kappa shape index (κ3) is 3.50. The lowest BCUT2D eigenvalue weighted by atomic mass is 9.81. The first-order valence-corrected chi connectivity index (χ1v) is 6.46. The molecule has 21 heavy (non-hydrogen) atoms. The smallest absolute Gasteiger partial charge is 0.423 e. The lowest BCUT2D eigenvalue weighted by Gasteiger charge is -2.23. The fourth-order valence-corrected chi connectivity index (χ4v) is 1.68. The Morgan fingerprint density at radius 2 is 2.10 bits per heavy atom. The molecule has 2 heterocycles. The summed E-state index contributed by atoms with van der Waals surface area (Å²) in [4.78, 5) is 17.6. The van der Waals surface area contributed by atoms with Gasteiger partial charge in [0.25, 0.3) is 5.95 Å². The molecule has 0 fully saturated rings. The molecule has 0 bridgehead atoms. The number of amides is 2. The third-order valence-electron chi connectivity index (χ3n) is 2.74. The van der Waals surface area contributed by atoms with Gasteiger partial charge < -0.3 is 15.4 Å². The van der Waals surface area contributed by atoms with Crippen molar-refractivity contribution in [1.82, 2.24) is 19.9 Å². The number of anilines is 1. The lowest BCUT2D eigenvalue weighted by molar-refractivity contribution is 0.238. The number of urea groups is 1. The highest BCUT2D eigenvalue weighted by atomic mass is 16.4. The van der Waals surface area contributed by atoms with Crippen molar-refractivity contribution in [2.24, 2.45) is 0 Å². The SMILES string of the molecule is CN(C(=O)NC(C)(C)C)c1nc2cc(B(O)O)ccn2n1. The number of rotatable bonds is 2. The van der Waals surface area contributed by atoms with Crippen LogP contribution in [0.15, 0.2) is 18.3 Å². The zero-order chi connectivity index (χ0) is 15.8. The average Bonchev–Trinajstić information content (AvgIpc) is 2.78. The summed E-state index contributed by atoms with van der Waals surface area (Å²) in [5, 5.41) is 25.3. The maximum Gasteiger partial charge on any atom is 0.488 e. The van der Waals surface area contributed by atoms with Gasteiger partial charge in [-0.05, 0) is 38.4 Å². The molecule has 0 aromatic carbocycles. The van der Waals surface area contributed by atoms with E-state index in [1.54, 1.807) is 13.2 Å². The zero-order valence-corrected chi connectivity index (χ0v) is 12.4. The molecule has 0 saturated carbocycles. The number of carbonyl (C=O) groups excluding carboxylic acids is 1. The van der Waals surface area contributed by atoms with Crippen LogP contribution in [0.4, 0.5) is 10.7 Å². The Hall–Kier alpha value is -2.13. The number of carbonyl (C=O) groups is 1. The average molecular weight is 291 g/mol. The molecule has 0 aliphatic rings. The summed E-state index contributed by atoms with van der Waals surface area (Å²) in [5.41, 5.74) is 0.368.